The lowest BCUT2D eigenvalue weighted by atomic mass is 9.89. The largest absolute Gasteiger partial charge is 0.381 e. The minimum atomic E-state index is -1.19. The molecule has 3 aliphatic heterocycles. The molecule has 2 aromatic rings. The number of ether oxygens (including phenoxy) is 1. The maximum absolute atomic E-state index is 15.4. The second-order valence-corrected chi connectivity index (χ2v) is 10.0. The SMILES string of the molecule is COC1CN(C(=O)C2CCN(C3C(F)CN(C)CC3NC(=O)c3c(N)nn4cc(F)cnc34)CC2)C1. The number of alkyl halides is 1. The Morgan fingerprint density at radius 2 is 1.92 bits per heavy atom. The monoisotopic (exact) mass is 506 g/mol. The van der Waals surface area contributed by atoms with Crippen molar-refractivity contribution in [3.05, 3.63) is 23.8 Å². The Bertz CT molecular complexity index is 1130. The number of nitrogens with one attached hydrogen (secondary N) is 1. The summed E-state index contributed by atoms with van der Waals surface area (Å²) in [6.45, 7) is 3.08. The van der Waals surface area contributed by atoms with Gasteiger partial charge in [-0.15, -0.1) is 5.10 Å². The maximum atomic E-state index is 15.4. The van der Waals surface area contributed by atoms with E-state index in [2.05, 4.69) is 15.4 Å². The molecule has 196 valence electrons. The molecule has 0 saturated carbocycles. The first-order valence-corrected chi connectivity index (χ1v) is 12.2. The number of likely N-dealkylation sites (tertiary alicyclic amines) is 3. The normalized spacial score (nSPS) is 26.8. The number of nitrogens with two attached hydrogens (primary N) is 1. The number of carbonyl (C=O) groups excluding carboxylic acids is 2. The number of nitrogen functional groups attached to an aromatic ring is 1. The second-order valence-electron chi connectivity index (χ2n) is 10.0. The first-order chi connectivity index (χ1) is 17.2. The molecule has 36 heavy (non-hydrogen) atoms. The van der Waals surface area contributed by atoms with E-state index in [-0.39, 0.29) is 41.5 Å². The van der Waals surface area contributed by atoms with Crippen molar-refractivity contribution in [2.45, 2.75) is 37.2 Å². The predicted octanol–water partition coefficient (Wildman–Crippen LogP) is -0.230. The molecule has 3 fully saturated rings. The molecule has 3 unspecified atom stereocenters. The van der Waals surface area contributed by atoms with Crippen molar-refractivity contribution in [2.75, 3.05) is 59.2 Å². The number of fused-ring (bicyclic) bond motifs is 1. The van der Waals surface area contributed by atoms with E-state index in [0.717, 1.165) is 16.9 Å². The summed E-state index contributed by atoms with van der Waals surface area (Å²) in [4.78, 5) is 35.7. The van der Waals surface area contributed by atoms with Gasteiger partial charge in [-0.2, -0.15) is 0 Å². The van der Waals surface area contributed by atoms with Gasteiger partial charge >= 0.3 is 0 Å². The number of methoxy groups -OCH3 is 1. The van der Waals surface area contributed by atoms with Gasteiger partial charge in [0.2, 0.25) is 5.91 Å². The minimum Gasteiger partial charge on any atom is -0.381 e. The number of nitrogens with zero attached hydrogens (tertiary/aromatic N) is 6. The summed E-state index contributed by atoms with van der Waals surface area (Å²) in [5.41, 5.74) is 6.11. The minimum absolute atomic E-state index is 0.0330. The third-order valence-corrected chi connectivity index (χ3v) is 7.58. The van der Waals surface area contributed by atoms with Crippen molar-refractivity contribution < 1.29 is 23.1 Å². The van der Waals surface area contributed by atoms with Gasteiger partial charge in [-0.05, 0) is 33.0 Å². The molecular formula is C23H32F2N8O3. The zero-order valence-corrected chi connectivity index (χ0v) is 20.4. The standard InChI is InChI=1S/C23H32F2N8O3/c1-30-11-16(25)19(31-5-3-13(4-6-31)23(35)32-9-15(10-32)36-2)17(12-30)28-22(34)18-20(26)29-33-8-14(24)7-27-21(18)33/h7-8,13,15-17,19H,3-6,9-12H2,1-2H3,(H2,26,29)(H,28,34). The second kappa shape index (κ2) is 9.87. The topological polar surface area (TPSA) is 121 Å². The highest BCUT2D eigenvalue weighted by Crippen LogP contribution is 2.28. The molecule has 3 N–H and O–H groups in total. The Kier molecular flexibility index (Phi) is 6.79. The van der Waals surface area contributed by atoms with Crippen LogP contribution in [0.5, 0.6) is 0 Å². The van der Waals surface area contributed by atoms with Crippen molar-refractivity contribution in [1.82, 2.24) is 34.6 Å². The van der Waals surface area contributed by atoms with Gasteiger partial charge in [0, 0.05) is 39.2 Å². The summed E-state index contributed by atoms with van der Waals surface area (Å²) in [5.74, 6) is -1.17. The zero-order chi connectivity index (χ0) is 25.6. The molecule has 5 rings (SSSR count). The fraction of sp³-hybridized carbons (Fsp3) is 0.652. The molecule has 0 bridgehead atoms. The number of amides is 2. The van der Waals surface area contributed by atoms with Crippen LogP contribution < -0.4 is 11.1 Å². The summed E-state index contributed by atoms with van der Waals surface area (Å²) >= 11 is 0. The molecule has 3 aliphatic rings. The quantitative estimate of drug-likeness (QED) is 0.571. The van der Waals surface area contributed by atoms with Crippen LogP contribution >= 0.6 is 0 Å². The van der Waals surface area contributed by atoms with Crippen molar-refractivity contribution in [1.29, 1.82) is 0 Å². The van der Waals surface area contributed by atoms with E-state index in [4.69, 9.17) is 10.5 Å². The van der Waals surface area contributed by atoms with E-state index >= 15 is 4.39 Å². The molecule has 5 heterocycles. The molecule has 2 amide bonds. The molecule has 3 saturated heterocycles. The smallest absolute Gasteiger partial charge is 0.259 e. The van der Waals surface area contributed by atoms with Gasteiger partial charge in [0.05, 0.1) is 30.6 Å². The Morgan fingerprint density at radius 3 is 2.61 bits per heavy atom. The van der Waals surface area contributed by atoms with Gasteiger partial charge in [-0.25, -0.2) is 18.3 Å². The Balaban J connectivity index is 1.27. The average Bonchev–Trinajstić information content (AvgIpc) is 3.13. The number of aromatic nitrogens is 3. The fourth-order valence-corrected chi connectivity index (χ4v) is 5.65. The number of anilines is 1. The summed E-state index contributed by atoms with van der Waals surface area (Å²) in [5, 5.41) is 6.92. The van der Waals surface area contributed by atoms with Crippen LogP contribution in [-0.4, -0.2) is 119 Å². The lowest BCUT2D eigenvalue weighted by Crippen LogP contribution is -2.66. The molecule has 13 heteroatoms. The number of hydrogen-bond donors (Lipinski definition) is 2. The highest BCUT2D eigenvalue weighted by molar-refractivity contribution is 6.04. The molecule has 3 atom stereocenters. The molecule has 0 radical (unpaired) electrons. The molecule has 0 spiro atoms. The predicted molar refractivity (Wildman–Crippen MR) is 126 cm³/mol. The number of carbonyl (C=O) groups is 2. The van der Waals surface area contributed by atoms with E-state index < -0.39 is 30.0 Å². The van der Waals surface area contributed by atoms with Crippen molar-refractivity contribution in [3.8, 4) is 0 Å². The molecule has 11 nitrogen and oxygen atoms in total. The van der Waals surface area contributed by atoms with Gasteiger partial charge in [-0.1, -0.05) is 0 Å². The summed E-state index contributed by atoms with van der Waals surface area (Å²) in [6.07, 6.45) is 2.29. The summed E-state index contributed by atoms with van der Waals surface area (Å²) < 4.78 is 35.3. The van der Waals surface area contributed by atoms with Crippen LogP contribution in [0.25, 0.3) is 5.65 Å². The zero-order valence-electron chi connectivity index (χ0n) is 20.4. The Morgan fingerprint density at radius 1 is 1.19 bits per heavy atom. The number of likely N-dealkylation sites (N-methyl/N-ethyl adjacent to an activating group) is 1. The first kappa shape index (κ1) is 24.8. The average molecular weight is 507 g/mol. The summed E-state index contributed by atoms with van der Waals surface area (Å²) in [7, 11) is 3.46. The summed E-state index contributed by atoms with van der Waals surface area (Å²) in [6, 6.07) is -1.07. The number of hydrogen-bond acceptors (Lipinski definition) is 8. The number of rotatable bonds is 5. The Hall–Kier alpha value is -2.90. The van der Waals surface area contributed by atoms with Crippen LogP contribution in [0.2, 0.25) is 0 Å². The van der Waals surface area contributed by atoms with Crippen LogP contribution in [0.4, 0.5) is 14.6 Å². The molecular weight excluding hydrogens is 474 g/mol. The molecule has 0 aliphatic carbocycles. The molecule has 0 aromatic carbocycles. The van der Waals surface area contributed by atoms with Gasteiger partial charge in [0.15, 0.2) is 17.3 Å². The van der Waals surface area contributed by atoms with Crippen molar-refractivity contribution >= 4 is 23.3 Å². The van der Waals surface area contributed by atoms with Crippen LogP contribution in [0.3, 0.4) is 0 Å². The van der Waals surface area contributed by atoms with E-state index in [1.54, 1.807) is 14.2 Å². The maximum Gasteiger partial charge on any atom is 0.259 e. The fourth-order valence-electron chi connectivity index (χ4n) is 5.65. The van der Waals surface area contributed by atoms with Crippen LogP contribution in [0.1, 0.15) is 23.2 Å². The Labute approximate surface area is 207 Å². The van der Waals surface area contributed by atoms with E-state index in [0.29, 0.717) is 45.6 Å². The highest BCUT2D eigenvalue weighted by atomic mass is 19.1. The first-order valence-electron chi connectivity index (χ1n) is 12.2. The third-order valence-electron chi connectivity index (χ3n) is 7.58. The van der Waals surface area contributed by atoms with E-state index in [1.165, 1.54) is 0 Å². The third kappa shape index (κ3) is 4.62. The number of halogens is 2. The van der Waals surface area contributed by atoms with Crippen LogP contribution in [0, 0.1) is 11.7 Å². The van der Waals surface area contributed by atoms with Crippen LogP contribution in [0.15, 0.2) is 12.4 Å². The lowest BCUT2D eigenvalue weighted by molar-refractivity contribution is -0.149. The highest BCUT2D eigenvalue weighted by Gasteiger charge is 2.43. The van der Waals surface area contributed by atoms with Gasteiger partial charge in [-0.3, -0.25) is 14.5 Å². The van der Waals surface area contributed by atoms with Gasteiger partial charge in [0.1, 0.15) is 11.7 Å². The van der Waals surface area contributed by atoms with E-state index in [9.17, 15) is 14.0 Å². The van der Waals surface area contributed by atoms with Crippen LogP contribution in [-0.2, 0) is 9.53 Å². The van der Waals surface area contributed by atoms with Crippen molar-refractivity contribution in [3.63, 3.8) is 0 Å². The lowest BCUT2D eigenvalue weighted by Gasteiger charge is -2.47. The van der Waals surface area contributed by atoms with Crippen molar-refractivity contribution in [2.24, 2.45) is 5.92 Å². The number of piperidine rings is 2. The molecule has 2 aromatic heterocycles. The van der Waals surface area contributed by atoms with Gasteiger partial charge < -0.3 is 25.6 Å². The van der Waals surface area contributed by atoms with E-state index in [1.807, 2.05) is 14.7 Å². The van der Waals surface area contributed by atoms with Gasteiger partial charge in [0.25, 0.3) is 5.91 Å².